The minimum Gasteiger partial charge on any atom is -0.456 e. The number of hydrogen-bond acceptors (Lipinski definition) is 3. The van der Waals surface area contributed by atoms with Crippen LogP contribution >= 0.6 is 0 Å². The van der Waals surface area contributed by atoms with Gasteiger partial charge in [-0.3, -0.25) is 0 Å². The topological polar surface area (TPSA) is 29.5 Å². The highest BCUT2D eigenvalue weighted by Gasteiger charge is 2.41. The lowest BCUT2D eigenvalue weighted by molar-refractivity contribution is 0.660. The van der Waals surface area contributed by atoms with E-state index in [9.17, 15) is 0 Å². The summed E-state index contributed by atoms with van der Waals surface area (Å²) < 4.78 is 13.3. The maximum absolute atomic E-state index is 6.85. The molecule has 0 unspecified atom stereocenters. The third-order valence-corrected chi connectivity index (χ3v) is 13.0. The van der Waals surface area contributed by atoms with E-state index in [0.29, 0.717) is 0 Å². The molecule has 0 bridgehead atoms. The maximum Gasteiger partial charge on any atom is 0.137 e. The minimum atomic E-state index is -0.313. The highest BCUT2D eigenvalue weighted by molar-refractivity contribution is 6.14. The Bertz CT molecular complexity index is 3220. The lowest BCUT2D eigenvalue weighted by Crippen LogP contribution is -2.22. The van der Waals surface area contributed by atoms with Crippen molar-refractivity contribution in [3.63, 3.8) is 0 Å². The van der Waals surface area contributed by atoms with E-state index in [-0.39, 0.29) is 10.8 Å². The third kappa shape index (κ3) is 4.12. The highest BCUT2D eigenvalue weighted by atomic mass is 16.3. The van der Waals surface area contributed by atoms with E-state index in [1.54, 1.807) is 0 Å². The van der Waals surface area contributed by atoms with Gasteiger partial charge in [0.15, 0.2) is 0 Å². The number of hydrogen-bond donors (Lipinski definition) is 0. The summed E-state index contributed by atoms with van der Waals surface area (Å²) in [5, 5.41) is 4.40. The number of nitrogens with zero attached hydrogens (tertiary/aromatic N) is 1. The van der Waals surface area contributed by atoms with Gasteiger partial charge in [0.05, 0.1) is 11.1 Å². The molecule has 0 saturated heterocycles. The number of furan rings is 2. The first kappa shape index (κ1) is 31.5. The van der Waals surface area contributed by atoms with Crippen molar-refractivity contribution in [1.29, 1.82) is 0 Å². The van der Waals surface area contributed by atoms with E-state index in [4.69, 9.17) is 8.83 Å². The summed E-state index contributed by atoms with van der Waals surface area (Å²) in [7, 11) is 0. The summed E-state index contributed by atoms with van der Waals surface area (Å²) in [4.78, 5) is 2.39. The number of para-hydroxylation sites is 1. The number of rotatable bonds is 4. The SMILES string of the molecule is CC1(C)c2ccccc2-c2ccc(N(c3ccc4c(c3)oc3ccccc34)c3cccc4oc5cc(C6(C)c7ccccc7-c7ccccc76)ccc5c34)cc21. The van der Waals surface area contributed by atoms with Crippen LogP contribution in [-0.2, 0) is 10.8 Å². The largest absolute Gasteiger partial charge is 0.456 e. The molecule has 2 aromatic heterocycles. The molecule has 266 valence electrons. The van der Waals surface area contributed by atoms with E-state index >= 15 is 0 Å². The molecule has 10 aromatic rings. The fourth-order valence-corrected chi connectivity index (χ4v) is 10.2. The Morgan fingerprint density at radius 1 is 0.393 bits per heavy atom. The van der Waals surface area contributed by atoms with Gasteiger partial charge in [0.25, 0.3) is 0 Å². The minimum absolute atomic E-state index is 0.144. The van der Waals surface area contributed by atoms with Crippen LogP contribution in [0.1, 0.15) is 48.6 Å². The van der Waals surface area contributed by atoms with Crippen LogP contribution in [0.15, 0.2) is 179 Å². The van der Waals surface area contributed by atoms with Crippen LogP contribution < -0.4 is 4.90 Å². The summed E-state index contributed by atoms with van der Waals surface area (Å²) in [5.41, 5.74) is 18.0. The van der Waals surface area contributed by atoms with Gasteiger partial charge in [-0.25, -0.2) is 0 Å². The standard InChI is InChI=1S/C53H37NO2/c1-52(2)42-17-8-4-13-35(42)38-27-24-33(30-45(38)52)54(34-25-28-40-39-16-7-11-21-47(39)55-50(40)31-34)46-20-12-22-48-51(46)41-26-23-32(29-49(41)56-48)53(3)43-18-9-5-14-36(43)37-15-6-10-19-44(37)53/h4-31H,1-3H3. The van der Waals surface area contributed by atoms with Crippen molar-refractivity contribution in [3.8, 4) is 22.3 Å². The Labute approximate surface area is 325 Å². The van der Waals surface area contributed by atoms with Gasteiger partial charge in [0, 0.05) is 44.4 Å². The molecule has 2 heterocycles. The molecule has 0 atom stereocenters. The molecule has 3 heteroatoms. The lowest BCUT2D eigenvalue weighted by atomic mass is 9.74. The Morgan fingerprint density at radius 3 is 1.73 bits per heavy atom. The van der Waals surface area contributed by atoms with Crippen LogP contribution in [0.5, 0.6) is 0 Å². The van der Waals surface area contributed by atoms with Crippen LogP contribution in [0.2, 0.25) is 0 Å². The zero-order valence-corrected chi connectivity index (χ0v) is 31.4. The first-order chi connectivity index (χ1) is 27.4. The van der Waals surface area contributed by atoms with Crippen molar-refractivity contribution in [1.82, 2.24) is 0 Å². The summed E-state index contributed by atoms with van der Waals surface area (Å²) in [6.07, 6.45) is 0. The predicted octanol–water partition coefficient (Wildman–Crippen LogP) is 14.6. The van der Waals surface area contributed by atoms with Crippen molar-refractivity contribution < 1.29 is 8.83 Å². The molecule has 0 amide bonds. The summed E-state index contributed by atoms with van der Waals surface area (Å²) in [6.45, 7) is 7.04. The molecule has 0 radical (unpaired) electrons. The number of anilines is 3. The molecular weight excluding hydrogens is 683 g/mol. The van der Waals surface area contributed by atoms with Crippen LogP contribution in [0.25, 0.3) is 66.1 Å². The zero-order chi connectivity index (χ0) is 37.3. The van der Waals surface area contributed by atoms with Gasteiger partial charge in [-0.05, 0) is 106 Å². The second-order valence-corrected chi connectivity index (χ2v) is 16.2. The molecule has 0 aliphatic heterocycles. The van der Waals surface area contributed by atoms with Crippen LogP contribution in [0.4, 0.5) is 17.1 Å². The predicted molar refractivity (Wildman–Crippen MR) is 231 cm³/mol. The average Bonchev–Trinajstić information content (AvgIpc) is 3.94. The van der Waals surface area contributed by atoms with Gasteiger partial charge >= 0.3 is 0 Å². The fourth-order valence-electron chi connectivity index (χ4n) is 10.2. The quantitative estimate of drug-likeness (QED) is 0.181. The van der Waals surface area contributed by atoms with Gasteiger partial charge in [-0.15, -0.1) is 0 Å². The van der Waals surface area contributed by atoms with Crippen LogP contribution in [0.3, 0.4) is 0 Å². The van der Waals surface area contributed by atoms with Crippen LogP contribution in [0, 0.1) is 0 Å². The summed E-state index contributed by atoms with van der Waals surface area (Å²) in [6, 6.07) is 61.7. The lowest BCUT2D eigenvalue weighted by Gasteiger charge is -2.29. The Balaban J connectivity index is 1.08. The van der Waals surface area contributed by atoms with Gasteiger partial charge in [-0.2, -0.15) is 0 Å². The Morgan fingerprint density at radius 2 is 0.946 bits per heavy atom. The molecular formula is C53H37NO2. The highest BCUT2D eigenvalue weighted by Crippen LogP contribution is 2.54. The summed E-state index contributed by atoms with van der Waals surface area (Å²) >= 11 is 0. The van der Waals surface area contributed by atoms with Crippen molar-refractivity contribution >= 4 is 60.9 Å². The van der Waals surface area contributed by atoms with E-state index in [1.807, 2.05) is 12.1 Å². The van der Waals surface area contributed by atoms with E-state index in [0.717, 1.165) is 60.9 Å². The molecule has 0 saturated carbocycles. The zero-order valence-electron chi connectivity index (χ0n) is 31.4. The normalized spacial score (nSPS) is 14.6. The van der Waals surface area contributed by atoms with Crippen molar-refractivity contribution in [3.05, 3.63) is 198 Å². The molecule has 2 aliphatic rings. The Kier molecular flexibility index (Phi) is 6.25. The summed E-state index contributed by atoms with van der Waals surface area (Å²) in [5.74, 6) is 0. The third-order valence-electron chi connectivity index (χ3n) is 13.0. The molecule has 0 fully saturated rings. The monoisotopic (exact) mass is 719 g/mol. The number of benzene rings is 8. The second kappa shape index (κ2) is 11.1. The first-order valence-corrected chi connectivity index (χ1v) is 19.5. The average molecular weight is 720 g/mol. The molecule has 2 aliphatic carbocycles. The van der Waals surface area contributed by atoms with Gasteiger partial charge in [0.1, 0.15) is 22.3 Å². The molecule has 56 heavy (non-hydrogen) atoms. The van der Waals surface area contributed by atoms with Crippen molar-refractivity contribution in [2.75, 3.05) is 4.90 Å². The van der Waals surface area contributed by atoms with E-state index < -0.39 is 0 Å². The second-order valence-electron chi connectivity index (χ2n) is 16.2. The van der Waals surface area contributed by atoms with E-state index in [1.165, 1.54) is 50.1 Å². The molecule has 8 aromatic carbocycles. The van der Waals surface area contributed by atoms with Gasteiger partial charge < -0.3 is 13.7 Å². The van der Waals surface area contributed by atoms with Crippen molar-refractivity contribution in [2.24, 2.45) is 0 Å². The fraction of sp³-hybridized carbons (Fsp3) is 0.0943. The molecule has 12 rings (SSSR count). The Hall–Kier alpha value is -6.84. The van der Waals surface area contributed by atoms with Crippen molar-refractivity contribution in [2.45, 2.75) is 31.6 Å². The molecule has 3 nitrogen and oxygen atoms in total. The van der Waals surface area contributed by atoms with E-state index in [2.05, 4.69) is 183 Å². The smallest absolute Gasteiger partial charge is 0.137 e. The van der Waals surface area contributed by atoms with Gasteiger partial charge in [0.2, 0.25) is 0 Å². The van der Waals surface area contributed by atoms with Crippen LogP contribution in [-0.4, -0.2) is 0 Å². The molecule has 0 spiro atoms. The number of fused-ring (bicyclic) bond motifs is 12. The molecule has 0 N–H and O–H groups in total. The maximum atomic E-state index is 6.85. The first-order valence-electron chi connectivity index (χ1n) is 19.5. The van der Waals surface area contributed by atoms with Gasteiger partial charge in [-0.1, -0.05) is 129 Å².